The highest BCUT2D eigenvalue weighted by Crippen LogP contribution is 2.22. The quantitative estimate of drug-likeness (QED) is 0.740. The van der Waals surface area contributed by atoms with Gasteiger partial charge in [-0.1, -0.05) is 18.2 Å². The number of nitrogens with zero attached hydrogens (tertiary/aromatic N) is 1. The SMILES string of the molecule is Cc1cccc(C)c1OCCNC(=O)Nc1ccc(N2CCCCC2)cc1. The Morgan fingerprint density at radius 2 is 1.67 bits per heavy atom. The summed E-state index contributed by atoms with van der Waals surface area (Å²) in [6.07, 6.45) is 3.84. The van der Waals surface area contributed by atoms with Crippen LogP contribution in [0.25, 0.3) is 0 Å². The van der Waals surface area contributed by atoms with E-state index in [0.29, 0.717) is 13.2 Å². The molecular formula is C22H29N3O2. The van der Waals surface area contributed by atoms with Crippen LogP contribution in [0.2, 0.25) is 0 Å². The third-order valence-corrected chi connectivity index (χ3v) is 4.89. The van der Waals surface area contributed by atoms with Gasteiger partial charge in [-0.25, -0.2) is 4.79 Å². The van der Waals surface area contributed by atoms with E-state index in [1.54, 1.807) is 0 Å². The minimum atomic E-state index is -0.217. The van der Waals surface area contributed by atoms with E-state index in [1.807, 2.05) is 44.2 Å². The van der Waals surface area contributed by atoms with Crippen LogP contribution in [-0.4, -0.2) is 32.3 Å². The maximum absolute atomic E-state index is 12.1. The van der Waals surface area contributed by atoms with Crippen molar-refractivity contribution < 1.29 is 9.53 Å². The fourth-order valence-electron chi connectivity index (χ4n) is 3.43. The van der Waals surface area contributed by atoms with Gasteiger partial charge in [0.2, 0.25) is 0 Å². The molecule has 0 radical (unpaired) electrons. The fraction of sp³-hybridized carbons (Fsp3) is 0.409. The van der Waals surface area contributed by atoms with Crippen LogP contribution in [-0.2, 0) is 0 Å². The first kappa shape index (κ1) is 19.1. The zero-order valence-corrected chi connectivity index (χ0v) is 16.3. The lowest BCUT2D eigenvalue weighted by Crippen LogP contribution is -2.32. The molecule has 2 aromatic carbocycles. The summed E-state index contributed by atoms with van der Waals surface area (Å²) in [5.41, 5.74) is 4.23. The maximum atomic E-state index is 12.1. The van der Waals surface area contributed by atoms with Gasteiger partial charge in [-0.15, -0.1) is 0 Å². The number of ether oxygens (including phenoxy) is 1. The van der Waals surface area contributed by atoms with Crippen molar-refractivity contribution in [2.45, 2.75) is 33.1 Å². The monoisotopic (exact) mass is 367 g/mol. The lowest BCUT2D eigenvalue weighted by atomic mass is 10.1. The molecule has 0 aliphatic carbocycles. The molecule has 0 saturated carbocycles. The molecule has 2 amide bonds. The molecule has 5 heteroatoms. The van der Waals surface area contributed by atoms with Gasteiger partial charge < -0.3 is 20.3 Å². The van der Waals surface area contributed by atoms with Crippen LogP contribution >= 0.6 is 0 Å². The number of hydrogen-bond donors (Lipinski definition) is 2. The summed E-state index contributed by atoms with van der Waals surface area (Å²) < 4.78 is 5.80. The Morgan fingerprint density at radius 3 is 2.33 bits per heavy atom. The molecule has 1 aliphatic rings. The van der Waals surface area contributed by atoms with Crippen molar-refractivity contribution in [3.63, 3.8) is 0 Å². The summed E-state index contributed by atoms with van der Waals surface area (Å²) in [5.74, 6) is 0.896. The molecule has 144 valence electrons. The van der Waals surface area contributed by atoms with Gasteiger partial charge in [-0.05, 0) is 68.5 Å². The Balaban J connectivity index is 1.41. The van der Waals surface area contributed by atoms with Crippen LogP contribution in [0.15, 0.2) is 42.5 Å². The smallest absolute Gasteiger partial charge is 0.319 e. The number of carbonyl (C=O) groups excluding carboxylic acids is 1. The Bertz CT molecular complexity index is 732. The first-order valence-corrected chi connectivity index (χ1v) is 9.72. The molecule has 0 aromatic heterocycles. The third-order valence-electron chi connectivity index (χ3n) is 4.89. The second kappa shape index (κ2) is 9.31. The van der Waals surface area contributed by atoms with E-state index in [1.165, 1.54) is 24.9 Å². The molecule has 2 aromatic rings. The highest BCUT2D eigenvalue weighted by molar-refractivity contribution is 5.89. The zero-order chi connectivity index (χ0) is 19.1. The summed E-state index contributed by atoms with van der Waals surface area (Å²) in [6.45, 7) is 7.17. The van der Waals surface area contributed by atoms with Gasteiger partial charge in [0.1, 0.15) is 12.4 Å². The van der Waals surface area contributed by atoms with Crippen molar-refractivity contribution in [2.24, 2.45) is 0 Å². The normalized spacial score (nSPS) is 13.9. The van der Waals surface area contributed by atoms with Crippen molar-refractivity contribution in [2.75, 3.05) is 36.5 Å². The zero-order valence-electron chi connectivity index (χ0n) is 16.3. The number of para-hydroxylation sites is 1. The van der Waals surface area contributed by atoms with Crippen LogP contribution < -0.4 is 20.3 Å². The van der Waals surface area contributed by atoms with E-state index < -0.39 is 0 Å². The Labute approximate surface area is 161 Å². The van der Waals surface area contributed by atoms with Crippen LogP contribution in [0.5, 0.6) is 5.75 Å². The number of aryl methyl sites for hydroxylation is 2. The molecule has 5 nitrogen and oxygen atoms in total. The molecule has 1 fully saturated rings. The van der Waals surface area contributed by atoms with E-state index in [9.17, 15) is 4.79 Å². The third kappa shape index (κ3) is 5.39. The minimum absolute atomic E-state index is 0.217. The number of piperidine rings is 1. The van der Waals surface area contributed by atoms with Crippen molar-refractivity contribution >= 4 is 17.4 Å². The van der Waals surface area contributed by atoms with E-state index in [0.717, 1.165) is 35.7 Å². The molecule has 27 heavy (non-hydrogen) atoms. The van der Waals surface area contributed by atoms with E-state index in [-0.39, 0.29) is 6.03 Å². The average Bonchev–Trinajstić information content (AvgIpc) is 2.68. The second-order valence-electron chi connectivity index (χ2n) is 7.04. The minimum Gasteiger partial charge on any atom is -0.491 e. The average molecular weight is 367 g/mol. The second-order valence-corrected chi connectivity index (χ2v) is 7.04. The predicted molar refractivity (Wildman–Crippen MR) is 111 cm³/mol. The molecule has 0 unspecified atom stereocenters. The molecule has 3 rings (SSSR count). The van der Waals surface area contributed by atoms with Crippen LogP contribution in [0, 0.1) is 13.8 Å². The van der Waals surface area contributed by atoms with Crippen LogP contribution in [0.4, 0.5) is 16.2 Å². The number of hydrogen-bond acceptors (Lipinski definition) is 3. The summed E-state index contributed by atoms with van der Waals surface area (Å²) in [4.78, 5) is 14.5. The number of urea groups is 1. The van der Waals surface area contributed by atoms with Gasteiger partial charge >= 0.3 is 6.03 Å². The Hall–Kier alpha value is -2.69. The van der Waals surface area contributed by atoms with Crippen LogP contribution in [0.1, 0.15) is 30.4 Å². The van der Waals surface area contributed by atoms with Crippen molar-refractivity contribution in [1.82, 2.24) is 5.32 Å². The largest absolute Gasteiger partial charge is 0.491 e. The molecule has 1 saturated heterocycles. The van der Waals surface area contributed by atoms with Gasteiger partial charge in [-0.3, -0.25) is 0 Å². The lowest BCUT2D eigenvalue weighted by Gasteiger charge is -2.28. The molecule has 1 heterocycles. The topological polar surface area (TPSA) is 53.6 Å². The van der Waals surface area contributed by atoms with Gasteiger partial charge in [0, 0.05) is 24.5 Å². The summed E-state index contributed by atoms with van der Waals surface area (Å²) >= 11 is 0. The molecule has 1 aliphatic heterocycles. The first-order valence-electron chi connectivity index (χ1n) is 9.72. The van der Waals surface area contributed by atoms with Gasteiger partial charge in [0.15, 0.2) is 0 Å². The molecule has 0 atom stereocenters. The number of amides is 2. The number of nitrogens with one attached hydrogen (secondary N) is 2. The highest BCUT2D eigenvalue weighted by atomic mass is 16.5. The van der Waals surface area contributed by atoms with Crippen molar-refractivity contribution in [1.29, 1.82) is 0 Å². The summed E-state index contributed by atoms with van der Waals surface area (Å²) in [5, 5.41) is 5.70. The summed E-state index contributed by atoms with van der Waals surface area (Å²) in [6, 6.07) is 13.9. The molecule has 0 bridgehead atoms. The maximum Gasteiger partial charge on any atom is 0.319 e. The summed E-state index contributed by atoms with van der Waals surface area (Å²) in [7, 11) is 0. The molecule has 0 spiro atoms. The van der Waals surface area contributed by atoms with Gasteiger partial charge in [0.05, 0.1) is 6.54 Å². The van der Waals surface area contributed by atoms with E-state index in [4.69, 9.17) is 4.74 Å². The van der Waals surface area contributed by atoms with E-state index >= 15 is 0 Å². The first-order chi connectivity index (χ1) is 13.1. The molecule has 2 N–H and O–H groups in total. The fourth-order valence-corrected chi connectivity index (χ4v) is 3.43. The number of carbonyl (C=O) groups is 1. The van der Waals surface area contributed by atoms with Crippen molar-refractivity contribution in [3.8, 4) is 5.75 Å². The molecular weight excluding hydrogens is 338 g/mol. The van der Waals surface area contributed by atoms with E-state index in [2.05, 4.69) is 27.7 Å². The number of benzene rings is 2. The van der Waals surface area contributed by atoms with Crippen LogP contribution in [0.3, 0.4) is 0 Å². The van der Waals surface area contributed by atoms with Gasteiger partial charge in [0.25, 0.3) is 0 Å². The van der Waals surface area contributed by atoms with Crippen molar-refractivity contribution in [3.05, 3.63) is 53.6 Å². The number of anilines is 2. The lowest BCUT2D eigenvalue weighted by molar-refractivity contribution is 0.247. The van der Waals surface area contributed by atoms with Gasteiger partial charge in [-0.2, -0.15) is 0 Å². The number of rotatable bonds is 6. The predicted octanol–water partition coefficient (Wildman–Crippen LogP) is 4.49. The highest BCUT2D eigenvalue weighted by Gasteiger charge is 2.11. The standard InChI is InChI=1S/C22H29N3O2/c1-17-7-6-8-18(2)21(17)27-16-13-23-22(26)24-19-9-11-20(12-10-19)25-14-4-3-5-15-25/h6-12H,3-5,13-16H2,1-2H3,(H2,23,24,26). The Kier molecular flexibility index (Phi) is 6.58. The Morgan fingerprint density at radius 1 is 1.00 bits per heavy atom.